The van der Waals surface area contributed by atoms with Gasteiger partial charge in [0.2, 0.25) is 0 Å². The summed E-state index contributed by atoms with van der Waals surface area (Å²) in [7, 11) is 0. The van der Waals surface area contributed by atoms with Crippen LogP contribution in [0.15, 0.2) is 36.5 Å². The Bertz CT molecular complexity index is 746. The van der Waals surface area contributed by atoms with Crippen LogP contribution in [0.1, 0.15) is 35.7 Å². The number of carbonyl (C=O) groups excluding carboxylic acids is 2. The van der Waals surface area contributed by atoms with Gasteiger partial charge in [-0.05, 0) is 29.7 Å². The molecule has 0 saturated carbocycles. The number of esters is 1. The maximum Gasteiger partial charge on any atom is 0.338 e. The fourth-order valence-corrected chi connectivity index (χ4v) is 2.32. The molecule has 0 saturated heterocycles. The number of ether oxygens (including phenoxy) is 1. The summed E-state index contributed by atoms with van der Waals surface area (Å²) in [6.45, 7) is 3.69. The van der Waals surface area contributed by atoms with E-state index in [1.54, 1.807) is 12.1 Å². The van der Waals surface area contributed by atoms with Gasteiger partial charge in [0.15, 0.2) is 12.4 Å². The Labute approximate surface area is 149 Å². The average Bonchev–Trinajstić information content (AvgIpc) is 2.55. The molecule has 1 N–H and O–H groups in total. The van der Waals surface area contributed by atoms with E-state index < -0.39 is 18.5 Å². The second kappa shape index (κ2) is 8.13. The van der Waals surface area contributed by atoms with E-state index in [1.165, 1.54) is 12.3 Å². The maximum absolute atomic E-state index is 11.9. The molecule has 7 heteroatoms. The van der Waals surface area contributed by atoms with Crippen LogP contribution in [0.5, 0.6) is 0 Å². The van der Waals surface area contributed by atoms with Crippen molar-refractivity contribution in [3.8, 4) is 0 Å². The third kappa shape index (κ3) is 4.94. The number of nitrogens with one attached hydrogen (secondary N) is 1. The van der Waals surface area contributed by atoms with Gasteiger partial charge in [-0.2, -0.15) is 0 Å². The first-order valence-corrected chi connectivity index (χ1v) is 8.00. The lowest BCUT2D eigenvalue weighted by Gasteiger charge is -2.08. The Morgan fingerprint density at radius 1 is 1.21 bits per heavy atom. The van der Waals surface area contributed by atoms with Crippen LogP contribution in [0.3, 0.4) is 0 Å². The van der Waals surface area contributed by atoms with Crippen molar-refractivity contribution in [2.45, 2.75) is 19.8 Å². The van der Waals surface area contributed by atoms with Crippen molar-refractivity contribution in [2.75, 3.05) is 11.9 Å². The zero-order chi connectivity index (χ0) is 17.7. The highest BCUT2D eigenvalue weighted by Crippen LogP contribution is 2.22. The predicted molar refractivity (Wildman–Crippen MR) is 93.7 cm³/mol. The molecule has 0 fully saturated rings. The van der Waals surface area contributed by atoms with E-state index >= 15 is 0 Å². The third-order valence-electron chi connectivity index (χ3n) is 3.21. The standard InChI is InChI=1S/C17H16Cl2N2O3/c1-10(2)11-3-5-12(6-4-11)17(23)24-9-15(22)21-16-14(19)7-13(18)8-20-16/h3-8,10H,9H2,1-2H3,(H,20,21,22). The van der Waals surface area contributed by atoms with Crippen LogP contribution >= 0.6 is 23.2 Å². The summed E-state index contributed by atoms with van der Waals surface area (Å²) in [5.41, 5.74) is 1.50. The Hall–Kier alpha value is -2.11. The number of hydrogen-bond acceptors (Lipinski definition) is 4. The minimum Gasteiger partial charge on any atom is -0.452 e. The smallest absolute Gasteiger partial charge is 0.338 e. The van der Waals surface area contributed by atoms with Crippen LogP contribution in [-0.2, 0) is 9.53 Å². The van der Waals surface area contributed by atoms with Crippen molar-refractivity contribution in [1.82, 2.24) is 4.98 Å². The van der Waals surface area contributed by atoms with Gasteiger partial charge < -0.3 is 10.1 Å². The van der Waals surface area contributed by atoms with Gasteiger partial charge in [0, 0.05) is 6.20 Å². The molecule has 0 bridgehead atoms. The molecule has 2 rings (SSSR count). The molecule has 5 nitrogen and oxygen atoms in total. The van der Waals surface area contributed by atoms with E-state index in [0.717, 1.165) is 5.56 Å². The SMILES string of the molecule is CC(C)c1ccc(C(=O)OCC(=O)Nc2ncc(Cl)cc2Cl)cc1. The largest absolute Gasteiger partial charge is 0.452 e. The highest BCUT2D eigenvalue weighted by molar-refractivity contribution is 6.36. The highest BCUT2D eigenvalue weighted by Gasteiger charge is 2.12. The number of nitrogens with zero attached hydrogens (tertiary/aromatic N) is 1. The molecule has 0 spiro atoms. The third-order valence-corrected chi connectivity index (χ3v) is 3.71. The maximum atomic E-state index is 11.9. The minimum atomic E-state index is -0.574. The molecule has 0 radical (unpaired) electrons. The van der Waals surface area contributed by atoms with Crippen LogP contribution < -0.4 is 5.32 Å². The fraction of sp³-hybridized carbons (Fsp3) is 0.235. The summed E-state index contributed by atoms with van der Waals surface area (Å²) in [5, 5.41) is 3.01. The molecule has 0 unspecified atom stereocenters. The Morgan fingerprint density at radius 3 is 2.46 bits per heavy atom. The predicted octanol–water partition coefficient (Wildman–Crippen LogP) is 4.31. The highest BCUT2D eigenvalue weighted by atomic mass is 35.5. The summed E-state index contributed by atoms with van der Waals surface area (Å²) >= 11 is 11.6. The van der Waals surface area contributed by atoms with Gasteiger partial charge in [0.05, 0.1) is 15.6 Å². The number of anilines is 1. The Balaban J connectivity index is 1.90. The van der Waals surface area contributed by atoms with Crippen LogP contribution in [0.2, 0.25) is 10.0 Å². The average molecular weight is 367 g/mol. The molecule has 0 aliphatic rings. The second-order valence-electron chi connectivity index (χ2n) is 5.38. The summed E-state index contributed by atoms with van der Waals surface area (Å²) in [5.74, 6) is -0.588. The number of aromatic nitrogens is 1. The molecule has 1 aromatic heterocycles. The normalized spacial score (nSPS) is 10.5. The van der Waals surface area contributed by atoms with E-state index in [2.05, 4.69) is 24.1 Å². The molecule has 2 aromatic rings. The molecule has 0 aliphatic heterocycles. The first kappa shape index (κ1) is 18.2. The second-order valence-corrected chi connectivity index (χ2v) is 6.23. The number of halogens is 2. The Morgan fingerprint density at radius 2 is 1.88 bits per heavy atom. The van der Waals surface area contributed by atoms with Gasteiger partial charge in [-0.1, -0.05) is 49.2 Å². The van der Waals surface area contributed by atoms with E-state index in [0.29, 0.717) is 16.5 Å². The number of carbonyl (C=O) groups is 2. The topological polar surface area (TPSA) is 68.3 Å². The number of hydrogen-bond donors (Lipinski definition) is 1. The zero-order valence-electron chi connectivity index (χ0n) is 13.2. The van der Waals surface area contributed by atoms with Crippen molar-refractivity contribution in [3.05, 3.63) is 57.7 Å². The van der Waals surface area contributed by atoms with Crippen molar-refractivity contribution < 1.29 is 14.3 Å². The number of pyridine rings is 1. The number of benzene rings is 1. The quantitative estimate of drug-likeness (QED) is 0.800. The van der Waals surface area contributed by atoms with Gasteiger partial charge in [-0.3, -0.25) is 4.79 Å². The van der Waals surface area contributed by atoms with Crippen molar-refractivity contribution in [3.63, 3.8) is 0 Å². The van der Waals surface area contributed by atoms with Gasteiger partial charge in [-0.15, -0.1) is 0 Å². The van der Waals surface area contributed by atoms with Crippen LogP contribution in [-0.4, -0.2) is 23.5 Å². The molecular weight excluding hydrogens is 351 g/mol. The van der Waals surface area contributed by atoms with Gasteiger partial charge in [-0.25, -0.2) is 9.78 Å². The number of amides is 1. The van der Waals surface area contributed by atoms with E-state index in [1.807, 2.05) is 12.1 Å². The molecule has 0 atom stereocenters. The Kier molecular flexibility index (Phi) is 6.17. The lowest BCUT2D eigenvalue weighted by atomic mass is 10.0. The van der Waals surface area contributed by atoms with Crippen molar-refractivity contribution in [1.29, 1.82) is 0 Å². The fourth-order valence-electron chi connectivity index (χ4n) is 1.89. The monoisotopic (exact) mass is 366 g/mol. The molecule has 1 amide bonds. The summed E-state index contributed by atoms with van der Waals surface area (Å²) in [6, 6.07) is 8.52. The van der Waals surface area contributed by atoms with Crippen LogP contribution in [0.4, 0.5) is 5.82 Å². The zero-order valence-corrected chi connectivity index (χ0v) is 14.7. The van der Waals surface area contributed by atoms with E-state index in [9.17, 15) is 9.59 Å². The van der Waals surface area contributed by atoms with Gasteiger partial charge >= 0.3 is 5.97 Å². The first-order valence-electron chi connectivity index (χ1n) is 7.25. The molecule has 24 heavy (non-hydrogen) atoms. The van der Waals surface area contributed by atoms with E-state index in [-0.39, 0.29) is 10.8 Å². The van der Waals surface area contributed by atoms with E-state index in [4.69, 9.17) is 27.9 Å². The molecule has 1 aromatic carbocycles. The van der Waals surface area contributed by atoms with Crippen molar-refractivity contribution >= 4 is 40.9 Å². The van der Waals surface area contributed by atoms with Crippen LogP contribution in [0.25, 0.3) is 0 Å². The molecule has 126 valence electrons. The molecular formula is C17H16Cl2N2O3. The first-order chi connectivity index (χ1) is 11.4. The summed E-state index contributed by atoms with van der Waals surface area (Å²) in [6.07, 6.45) is 1.35. The lowest BCUT2D eigenvalue weighted by Crippen LogP contribution is -2.21. The van der Waals surface area contributed by atoms with Crippen LogP contribution in [0, 0.1) is 0 Å². The van der Waals surface area contributed by atoms with Gasteiger partial charge in [0.25, 0.3) is 5.91 Å². The van der Waals surface area contributed by atoms with Gasteiger partial charge in [0.1, 0.15) is 0 Å². The molecule has 0 aliphatic carbocycles. The summed E-state index contributed by atoms with van der Waals surface area (Å²) in [4.78, 5) is 27.6. The lowest BCUT2D eigenvalue weighted by molar-refractivity contribution is -0.119. The molecule has 1 heterocycles. The van der Waals surface area contributed by atoms with Crippen molar-refractivity contribution in [2.24, 2.45) is 0 Å². The summed E-state index contributed by atoms with van der Waals surface area (Å²) < 4.78 is 4.98. The number of rotatable bonds is 5. The minimum absolute atomic E-state index is 0.156.